The SMILES string of the molecule is c1ccc(-c2ccc(-c3ccc(-c4nc(-c5ccccc5)nc(-c5cccc(-c6ccc(C7(c8ccccc8)c8ccccc8-c8ccccc87)cc6)c5)n4)cc3)cc2)cc1. The maximum atomic E-state index is 5.11. The van der Waals surface area contributed by atoms with E-state index >= 15 is 0 Å². The van der Waals surface area contributed by atoms with E-state index in [1.165, 1.54) is 44.5 Å². The van der Waals surface area contributed by atoms with E-state index in [1.807, 2.05) is 36.4 Å². The van der Waals surface area contributed by atoms with Gasteiger partial charge < -0.3 is 0 Å². The highest BCUT2D eigenvalue weighted by Gasteiger charge is 2.45. The molecule has 3 heteroatoms. The van der Waals surface area contributed by atoms with E-state index < -0.39 is 5.41 Å². The fraction of sp³-hybridized carbons (Fsp3) is 0.0172. The first kappa shape index (κ1) is 36.1. The minimum Gasteiger partial charge on any atom is -0.208 e. The van der Waals surface area contributed by atoms with Gasteiger partial charge in [-0.05, 0) is 72.8 Å². The molecule has 0 radical (unpaired) electrons. The zero-order valence-corrected chi connectivity index (χ0v) is 33.4. The van der Waals surface area contributed by atoms with Gasteiger partial charge in [0.25, 0.3) is 0 Å². The molecule has 1 heterocycles. The number of rotatable bonds is 8. The van der Waals surface area contributed by atoms with Gasteiger partial charge in [0.05, 0.1) is 5.41 Å². The Labute approximate surface area is 356 Å². The molecule has 1 aliphatic carbocycles. The van der Waals surface area contributed by atoms with Crippen molar-refractivity contribution in [3.8, 4) is 78.7 Å². The summed E-state index contributed by atoms with van der Waals surface area (Å²) in [6, 6.07) is 84.2. The molecule has 9 aromatic carbocycles. The third-order valence-electron chi connectivity index (χ3n) is 12.1. The molecule has 1 aromatic heterocycles. The number of hydrogen-bond acceptors (Lipinski definition) is 3. The average molecular weight is 778 g/mol. The normalized spacial score (nSPS) is 12.4. The lowest BCUT2D eigenvalue weighted by Gasteiger charge is -2.34. The summed E-state index contributed by atoms with van der Waals surface area (Å²) < 4.78 is 0. The van der Waals surface area contributed by atoms with Crippen LogP contribution in [0.1, 0.15) is 22.3 Å². The van der Waals surface area contributed by atoms with Gasteiger partial charge in [-0.2, -0.15) is 0 Å². The first-order chi connectivity index (χ1) is 30.2. The van der Waals surface area contributed by atoms with Crippen LogP contribution in [0, 0.1) is 0 Å². The van der Waals surface area contributed by atoms with E-state index in [0.717, 1.165) is 38.9 Å². The summed E-state index contributed by atoms with van der Waals surface area (Å²) in [7, 11) is 0. The molecule has 11 rings (SSSR count). The summed E-state index contributed by atoms with van der Waals surface area (Å²) in [4.78, 5) is 15.2. The minimum absolute atomic E-state index is 0.435. The molecular weight excluding hydrogens is 739 g/mol. The zero-order valence-electron chi connectivity index (χ0n) is 33.4. The van der Waals surface area contributed by atoms with Crippen molar-refractivity contribution in [1.29, 1.82) is 0 Å². The van der Waals surface area contributed by atoms with Crippen LogP contribution >= 0.6 is 0 Å². The minimum atomic E-state index is -0.435. The van der Waals surface area contributed by atoms with Crippen LogP contribution in [-0.2, 0) is 5.41 Å². The molecule has 0 atom stereocenters. The molecule has 10 aromatic rings. The average Bonchev–Trinajstić information content (AvgIpc) is 3.66. The second-order valence-electron chi connectivity index (χ2n) is 15.6. The highest BCUT2D eigenvalue weighted by molar-refractivity contribution is 5.86. The van der Waals surface area contributed by atoms with Gasteiger partial charge in [0.15, 0.2) is 17.5 Å². The Morgan fingerprint density at radius 2 is 0.557 bits per heavy atom. The fourth-order valence-corrected chi connectivity index (χ4v) is 9.11. The number of nitrogens with zero attached hydrogens (tertiary/aromatic N) is 3. The molecule has 286 valence electrons. The van der Waals surface area contributed by atoms with Gasteiger partial charge in [-0.25, -0.2) is 15.0 Å². The first-order valence-electron chi connectivity index (χ1n) is 20.8. The second kappa shape index (κ2) is 15.3. The highest BCUT2D eigenvalue weighted by Crippen LogP contribution is 2.56. The summed E-state index contributed by atoms with van der Waals surface area (Å²) in [5.41, 5.74) is 17.0. The maximum absolute atomic E-state index is 5.11. The van der Waals surface area contributed by atoms with Crippen molar-refractivity contribution < 1.29 is 0 Å². The number of benzene rings is 9. The maximum Gasteiger partial charge on any atom is 0.164 e. The lowest BCUT2D eigenvalue weighted by molar-refractivity contribution is 0.768. The molecule has 3 nitrogen and oxygen atoms in total. The Kier molecular flexibility index (Phi) is 9.05. The number of fused-ring (bicyclic) bond motifs is 3. The monoisotopic (exact) mass is 777 g/mol. The molecule has 0 spiro atoms. The summed E-state index contributed by atoms with van der Waals surface area (Å²) in [5.74, 6) is 1.90. The summed E-state index contributed by atoms with van der Waals surface area (Å²) >= 11 is 0. The van der Waals surface area contributed by atoms with Gasteiger partial charge in [0.1, 0.15) is 0 Å². The Morgan fingerprint density at radius 1 is 0.230 bits per heavy atom. The molecule has 0 aliphatic heterocycles. The van der Waals surface area contributed by atoms with E-state index in [4.69, 9.17) is 15.0 Å². The highest BCUT2D eigenvalue weighted by atomic mass is 15.0. The van der Waals surface area contributed by atoms with Crippen molar-refractivity contribution in [1.82, 2.24) is 15.0 Å². The second-order valence-corrected chi connectivity index (χ2v) is 15.6. The molecule has 0 amide bonds. The van der Waals surface area contributed by atoms with Crippen molar-refractivity contribution in [3.05, 3.63) is 259 Å². The standard InChI is InChI=1S/C58H39N3/c1-4-15-40(16-5-1)41-27-29-42(30-28-41)43-31-33-46(34-32-43)56-59-55(45-17-6-2-7-18-45)60-57(61-56)48-20-14-19-47(39-48)44-35-37-50(38-36-44)58(49-21-8-3-9-22-49)53-25-12-10-23-51(53)52-24-11-13-26-54(52)58/h1-39H. The van der Waals surface area contributed by atoms with Gasteiger partial charge >= 0.3 is 0 Å². The Morgan fingerprint density at radius 3 is 1.10 bits per heavy atom. The zero-order chi connectivity index (χ0) is 40.6. The van der Waals surface area contributed by atoms with Crippen LogP contribution in [0.15, 0.2) is 237 Å². The van der Waals surface area contributed by atoms with E-state index in [1.54, 1.807) is 0 Å². The van der Waals surface area contributed by atoms with E-state index in [2.05, 4.69) is 200 Å². The molecule has 0 saturated heterocycles. The predicted octanol–water partition coefficient (Wildman–Crippen LogP) is 14.2. The van der Waals surface area contributed by atoms with Crippen LogP contribution in [-0.4, -0.2) is 15.0 Å². The van der Waals surface area contributed by atoms with Gasteiger partial charge in [-0.1, -0.05) is 231 Å². The van der Waals surface area contributed by atoms with Crippen LogP contribution in [0.5, 0.6) is 0 Å². The van der Waals surface area contributed by atoms with Crippen LogP contribution in [0.2, 0.25) is 0 Å². The van der Waals surface area contributed by atoms with Gasteiger partial charge in [0.2, 0.25) is 0 Å². The van der Waals surface area contributed by atoms with E-state index in [9.17, 15) is 0 Å². The molecule has 61 heavy (non-hydrogen) atoms. The summed E-state index contributed by atoms with van der Waals surface area (Å²) in [6.07, 6.45) is 0. The molecule has 0 fully saturated rings. The Hall–Kier alpha value is -8.01. The van der Waals surface area contributed by atoms with Crippen molar-refractivity contribution in [3.63, 3.8) is 0 Å². The topological polar surface area (TPSA) is 38.7 Å². The van der Waals surface area contributed by atoms with E-state index in [-0.39, 0.29) is 0 Å². The van der Waals surface area contributed by atoms with Crippen LogP contribution in [0.25, 0.3) is 78.7 Å². The smallest absolute Gasteiger partial charge is 0.164 e. The van der Waals surface area contributed by atoms with Crippen molar-refractivity contribution in [2.24, 2.45) is 0 Å². The van der Waals surface area contributed by atoms with Crippen LogP contribution < -0.4 is 0 Å². The van der Waals surface area contributed by atoms with Gasteiger partial charge in [0, 0.05) is 16.7 Å². The largest absolute Gasteiger partial charge is 0.208 e. The van der Waals surface area contributed by atoms with Crippen molar-refractivity contribution >= 4 is 0 Å². The summed E-state index contributed by atoms with van der Waals surface area (Å²) in [5, 5.41) is 0. The molecular formula is C58H39N3. The number of hydrogen-bond donors (Lipinski definition) is 0. The molecule has 1 aliphatic rings. The summed E-state index contributed by atoms with van der Waals surface area (Å²) in [6.45, 7) is 0. The van der Waals surface area contributed by atoms with Gasteiger partial charge in [-0.15, -0.1) is 0 Å². The molecule has 0 bridgehead atoms. The Balaban J connectivity index is 0.949. The molecule has 0 N–H and O–H groups in total. The van der Waals surface area contributed by atoms with Gasteiger partial charge in [-0.3, -0.25) is 0 Å². The van der Waals surface area contributed by atoms with Crippen LogP contribution in [0.3, 0.4) is 0 Å². The number of aromatic nitrogens is 3. The third kappa shape index (κ3) is 6.44. The van der Waals surface area contributed by atoms with Crippen molar-refractivity contribution in [2.75, 3.05) is 0 Å². The Bertz CT molecular complexity index is 3100. The lowest BCUT2D eigenvalue weighted by Crippen LogP contribution is -2.28. The van der Waals surface area contributed by atoms with E-state index in [0.29, 0.717) is 17.5 Å². The quantitative estimate of drug-likeness (QED) is 0.154. The molecule has 0 saturated carbocycles. The molecule has 0 unspecified atom stereocenters. The van der Waals surface area contributed by atoms with Crippen LogP contribution in [0.4, 0.5) is 0 Å². The fourth-order valence-electron chi connectivity index (χ4n) is 9.11. The lowest BCUT2D eigenvalue weighted by atomic mass is 9.67. The first-order valence-corrected chi connectivity index (χ1v) is 20.8. The third-order valence-corrected chi connectivity index (χ3v) is 12.1. The van der Waals surface area contributed by atoms with Crippen molar-refractivity contribution in [2.45, 2.75) is 5.41 Å². The predicted molar refractivity (Wildman–Crippen MR) is 250 cm³/mol.